The second kappa shape index (κ2) is 3.50. The molecule has 0 atom stereocenters. The Balaban J connectivity index is 3.38. The van der Waals surface area contributed by atoms with Crippen molar-refractivity contribution in [1.82, 2.24) is 0 Å². The molecule has 0 saturated carbocycles. The van der Waals surface area contributed by atoms with Crippen LogP contribution in [-0.2, 0) is 0 Å². The Labute approximate surface area is 75.2 Å². The van der Waals surface area contributed by atoms with Crippen LogP contribution in [0.25, 0.3) is 0 Å². The van der Waals surface area contributed by atoms with Crippen LogP contribution in [0.5, 0.6) is 0 Å². The van der Waals surface area contributed by atoms with Gasteiger partial charge in [0.15, 0.2) is 6.29 Å². The van der Waals surface area contributed by atoms with Crippen molar-refractivity contribution in [2.75, 3.05) is 0 Å². The first kappa shape index (κ1) is 8.94. The number of benzene rings is 1. The van der Waals surface area contributed by atoms with Crippen molar-refractivity contribution in [3.63, 3.8) is 0 Å². The van der Waals surface area contributed by atoms with Crippen LogP contribution in [-0.4, -0.2) is 12.6 Å². The molecule has 1 aromatic rings. The first-order valence-corrected chi connectivity index (χ1v) is 3.78. The van der Waals surface area contributed by atoms with E-state index in [0.717, 1.165) is 6.29 Å². The Kier molecular flexibility index (Phi) is 2.61. The van der Waals surface area contributed by atoms with Crippen LogP contribution in [0.15, 0.2) is 12.1 Å². The number of hydrogen-bond donors (Lipinski definition) is 0. The van der Waals surface area contributed by atoms with Gasteiger partial charge in [-0.05, 0) is 18.6 Å². The molecule has 0 saturated heterocycles. The summed E-state index contributed by atoms with van der Waals surface area (Å²) in [5.74, 6) is 0. The maximum Gasteiger partial charge on any atom is 0.151 e. The summed E-state index contributed by atoms with van der Waals surface area (Å²) < 4.78 is 0. The summed E-state index contributed by atoms with van der Waals surface area (Å²) in [7, 11) is 0. The topological polar surface area (TPSA) is 34.1 Å². The third-order valence-corrected chi connectivity index (χ3v) is 2.21. The van der Waals surface area contributed by atoms with E-state index in [4.69, 9.17) is 11.6 Å². The second-order valence-electron chi connectivity index (χ2n) is 2.42. The van der Waals surface area contributed by atoms with Crippen molar-refractivity contribution >= 4 is 24.2 Å². The minimum atomic E-state index is 0.356. The molecule has 0 aliphatic heterocycles. The van der Waals surface area contributed by atoms with Gasteiger partial charge < -0.3 is 0 Å². The van der Waals surface area contributed by atoms with Gasteiger partial charge in [0.1, 0.15) is 6.29 Å². The zero-order valence-electron chi connectivity index (χ0n) is 6.50. The Morgan fingerprint density at radius 2 is 1.67 bits per heavy atom. The predicted molar refractivity (Wildman–Crippen MR) is 47.0 cm³/mol. The Morgan fingerprint density at radius 3 is 2.17 bits per heavy atom. The normalized spacial score (nSPS) is 9.50. The molecule has 2 nitrogen and oxygen atoms in total. The fourth-order valence-electron chi connectivity index (χ4n) is 0.940. The fourth-order valence-corrected chi connectivity index (χ4v) is 1.16. The van der Waals surface area contributed by atoms with Gasteiger partial charge in [0.25, 0.3) is 0 Å². The Morgan fingerprint density at radius 1 is 1.17 bits per heavy atom. The highest BCUT2D eigenvalue weighted by Crippen LogP contribution is 2.21. The summed E-state index contributed by atoms with van der Waals surface area (Å²) in [5, 5.41) is 0.356. The van der Waals surface area contributed by atoms with Crippen LogP contribution in [0.4, 0.5) is 0 Å². The molecule has 62 valence electrons. The molecular formula is C9H7ClO2. The van der Waals surface area contributed by atoms with E-state index in [-0.39, 0.29) is 0 Å². The third-order valence-electron chi connectivity index (χ3n) is 1.71. The van der Waals surface area contributed by atoms with Crippen molar-refractivity contribution in [3.8, 4) is 0 Å². The fraction of sp³-hybridized carbons (Fsp3) is 0.111. The number of carbonyl (C=O) groups excluding carboxylic acids is 2. The number of halogens is 1. The molecule has 0 aromatic heterocycles. The number of hydrogen-bond acceptors (Lipinski definition) is 2. The largest absolute Gasteiger partial charge is 0.298 e. The summed E-state index contributed by atoms with van der Waals surface area (Å²) in [5.41, 5.74) is 1.58. The van der Waals surface area contributed by atoms with E-state index in [0.29, 0.717) is 28.0 Å². The highest BCUT2D eigenvalue weighted by atomic mass is 35.5. The highest BCUT2D eigenvalue weighted by molar-refractivity contribution is 6.34. The van der Waals surface area contributed by atoms with Crippen LogP contribution in [0.1, 0.15) is 26.3 Å². The molecule has 3 heteroatoms. The zero-order chi connectivity index (χ0) is 9.14. The number of rotatable bonds is 2. The molecule has 0 N–H and O–H groups in total. The molecule has 0 heterocycles. The summed E-state index contributed by atoms with van der Waals surface area (Å²) >= 11 is 5.79. The molecule has 1 rings (SSSR count). The maximum atomic E-state index is 10.4. The van der Waals surface area contributed by atoms with Gasteiger partial charge in [-0.3, -0.25) is 9.59 Å². The molecular weight excluding hydrogens is 176 g/mol. The van der Waals surface area contributed by atoms with Gasteiger partial charge in [-0.2, -0.15) is 0 Å². The quantitative estimate of drug-likeness (QED) is 0.658. The van der Waals surface area contributed by atoms with Gasteiger partial charge in [0.2, 0.25) is 0 Å². The lowest BCUT2D eigenvalue weighted by atomic mass is 10.1. The van der Waals surface area contributed by atoms with Gasteiger partial charge >= 0.3 is 0 Å². The molecule has 0 fully saturated rings. The van der Waals surface area contributed by atoms with E-state index >= 15 is 0 Å². The van der Waals surface area contributed by atoms with E-state index < -0.39 is 0 Å². The average Bonchev–Trinajstić information content (AvgIpc) is 2.10. The van der Waals surface area contributed by atoms with Crippen LogP contribution < -0.4 is 0 Å². The van der Waals surface area contributed by atoms with Gasteiger partial charge in [-0.1, -0.05) is 17.7 Å². The molecule has 0 aliphatic carbocycles. The van der Waals surface area contributed by atoms with Crippen molar-refractivity contribution in [3.05, 3.63) is 33.8 Å². The molecule has 1 aromatic carbocycles. The number of carbonyl (C=O) groups is 2. The average molecular weight is 183 g/mol. The van der Waals surface area contributed by atoms with Gasteiger partial charge in [-0.15, -0.1) is 0 Å². The Hall–Kier alpha value is -1.15. The highest BCUT2D eigenvalue weighted by Gasteiger charge is 2.05. The van der Waals surface area contributed by atoms with Gasteiger partial charge in [0.05, 0.1) is 5.02 Å². The Bertz CT molecular complexity index is 299. The summed E-state index contributed by atoms with van der Waals surface area (Å²) in [6.45, 7) is 1.71. The molecule has 0 amide bonds. The molecule has 0 unspecified atom stereocenters. The summed E-state index contributed by atoms with van der Waals surface area (Å²) in [4.78, 5) is 20.8. The van der Waals surface area contributed by atoms with Gasteiger partial charge in [0, 0.05) is 11.1 Å². The zero-order valence-corrected chi connectivity index (χ0v) is 7.26. The lowest BCUT2D eigenvalue weighted by Gasteiger charge is -2.02. The van der Waals surface area contributed by atoms with E-state index in [2.05, 4.69) is 0 Å². The van der Waals surface area contributed by atoms with Crippen molar-refractivity contribution in [2.24, 2.45) is 0 Å². The van der Waals surface area contributed by atoms with Crippen molar-refractivity contribution in [2.45, 2.75) is 6.92 Å². The third kappa shape index (κ3) is 1.38. The van der Waals surface area contributed by atoms with E-state index in [9.17, 15) is 9.59 Å². The first-order chi connectivity index (χ1) is 5.70. The molecule has 0 aliphatic rings. The van der Waals surface area contributed by atoms with Crippen molar-refractivity contribution in [1.29, 1.82) is 0 Å². The standard InChI is InChI=1S/C9H7ClO2/c1-6-7(4-11)2-3-8(5-12)9(6)10/h2-5H,1H3. The van der Waals surface area contributed by atoms with Crippen LogP contribution in [0, 0.1) is 6.92 Å². The van der Waals surface area contributed by atoms with Crippen LogP contribution in [0.2, 0.25) is 5.02 Å². The molecule has 12 heavy (non-hydrogen) atoms. The van der Waals surface area contributed by atoms with E-state index in [1.54, 1.807) is 13.0 Å². The summed E-state index contributed by atoms with van der Waals surface area (Å²) in [6.07, 6.45) is 1.39. The minimum absolute atomic E-state index is 0.356. The van der Waals surface area contributed by atoms with Gasteiger partial charge in [-0.25, -0.2) is 0 Å². The smallest absolute Gasteiger partial charge is 0.151 e. The lowest BCUT2D eigenvalue weighted by Crippen LogP contribution is -1.91. The lowest BCUT2D eigenvalue weighted by molar-refractivity contribution is 0.111. The van der Waals surface area contributed by atoms with Crippen molar-refractivity contribution < 1.29 is 9.59 Å². The molecule has 0 radical (unpaired) electrons. The van der Waals surface area contributed by atoms with Crippen LogP contribution in [0.3, 0.4) is 0 Å². The number of aldehydes is 2. The molecule has 0 spiro atoms. The monoisotopic (exact) mass is 182 g/mol. The summed E-state index contributed by atoms with van der Waals surface area (Å²) in [6, 6.07) is 3.12. The SMILES string of the molecule is Cc1c(C=O)ccc(C=O)c1Cl. The van der Waals surface area contributed by atoms with E-state index in [1.165, 1.54) is 6.07 Å². The molecule has 0 bridgehead atoms. The predicted octanol–water partition coefficient (Wildman–Crippen LogP) is 2.27. The first-order valence-electron chi connectivity index (χ1n) is 3.40. The van der Waals surface area contributed by atoms with E-state index in [1.807, 2.05) is 0 Å². The minimum Gasteiger partial charge on any atom is -0.298 e. The van der Waals surface area contributed by atoms with Crippen LogP contribution >= 0.6 is 11.6 Å². The maximum absolute atomic E-state index is 10.4. The second-order valence-corrected chi connectivity index (χ2v) is 2.80.